The molecule has 0 saturated heterocycles. The first kappa shape index (κ1) is 9.96. The van der Waals surface area contributed by atoms with E-state index in [1.54, 1.807) is 0 Å². The Balaban J connectivity index is 2.34. The van der Waals surface area contributed by atoms with Gasteiger partial charge in [-0.15, -0.1) is 0 Å². The van der Waals surface area contributed by atoms with Crippen molar-refractivity contribution in [1.82, 2.24) is 0 Å². The molecule has 1 fully saturated rings. The highest BCUT2D eigenvalue weighted by Crippen LogP contribution is 2.22. The van der Waals surface area contributed by atoms with Crippen LogP contribution in [0, 0.1) is 0 Å². The zero-order chi connectivity index (χ0) is 9.14. The molecule has 1 rings (SSSR count). The highest BCUT2D eigenvalue weighted by atomic mass is 16.5. The SMILES string of the molecule is CC(C)OC1C[C@@H](O)C[C@@H](O)C1. The number of hydrogen-bond donors (Lipinski definition) is 2. The van der Waals surface area contributed by atoms with Gasteiger partial charge >= 0.3 is 0 Å². The fourth-order valence-electron chi connectivity index (χ4n) is 1.71. The van der Waals surface area contributed by atoms with Gasteiger partial charge in [-0.1, -0.05) is 0 Å². The molecule has 1 aliphatic rings. The lowest BCUT2D eigenvalue weighted by Gasteiger charge is -2.30. The Bertz CT molecular complexity index is 123. The zero-order valence-electron chi connectivity index (χ0n) is 7.73. The molecule has 12 heavy (non-hydrogen) atoms. The van der Waals surface area contributed by atoms with Crippen LogP contribution in [0.15, 0.2) is 0 Å². The van der Waals surface area contributed by atoms with Gasteiger partial charge < -0.3 is 14.9 Å². The van der Waals surface area contributed by atoms with Crippen LogP contribution >= 0.6 is 0 Å². The summed E-state index contributed by atoms with van der Waals surface area (Å²) in [5.41, 5.74) is 0. The van der Waals surface area contributed by atoms with Crippen LogP contribution in [0.25, 0.3) is 0 Å². The molecule has 3 atom stereocenters. The van der Waals surface area contributed by atoms with Gasteiger partial charge in [-0.05, 0) is 33.1 Å². The Morgan fingerprint density at radius 1 is 1.08 bits per heavy atom. The Kier molecular flexibility index (Phi) is 3.50. The second-order valence-corrected chi connectivity index (χ2v) is 3.82. The second-order valence-electron chi connectivity index (χ2n) is 3.82. The van der Waals surface area contributed by atoms with Crippen LogP contribution < -0.4 is 0 Å². The molecule has 1 aliphatic carbocycles. The van der Waals surface area contributed by atoms with E-state index in [1.807, 2.05) is 13.8 Å². The minimum atomic E-state index is -0.391. The number of ether oxygens (including phenoxy) is 1. The van der Waals surface area contributed by atoms with E-state index in [-0.39, 0.29) is 12.2 Å². The first-order chi connectivity index (χ1) is 5.58. The van der Waals surface area contributed by atoms with Crippen molar-refractivity contribution in [2.75, 3.05) is 0 Å². The van der Waals surface area contributed by atoms with Crippen LogP contribution in [0.1, 0.15) is 33.1 Å². The lowest BCUT2D eigenvalue weighted by molar-refractivity contribution is -0.0781. The maximum absolute atomic E-state index is 9.32. The number of aliphatic hydroxyl groups is 2. The second kappa shape index (κ2) is 4.21. The Morgan fingerprint density at radius 3 is 2.00 bits per heavy atom. The molecule has 1 saturated carbocycles. The van der Waals surface area contributed by atoms with Crippen molar-refractivity contribution in [3.63, 3.8) is 0 Å². The summed E-state index contributed by atoms with van der Waals surface area (Å²) in [6.45, 7) is 3.93. The van der Waals surface area contributed by atoms with Crippen molar-refractivity contribution in [2.24, 2.45) is 0 Å². The molecule has 2 N–H and O–H groups in total. The van der Waals surface area contributed by atoms with E-state index < -0.39 is 12.2 Å². The molecule has 0 aliphatic heterocycles. The Labute approximate surface area is 73.4 Å². The number of hydrogen-bond acceptors (Lipinski definition) is 3. The summed E-state index contributed by atoms with van der Waals surface area (Å²) in [5.74, 6) is 0. The van der Waals surface area contributed by atoms with Gasteiger partial charge in [-0.25, -0.2) is 0 Å². The van der Waals surface area contributed by atoms with E-state index >= 15 is 0 Å². The molecule has 3 nitrogen and oxygen atoms in total. The van der Waals surface area contributed by atoms with Crippen LogP contribution in [-0.2, 0) is 4.74 Å². The van der Waals surface area contributed by atoms with E-state index in [4.69, 9.17) is 4.74 Å². The molecule has 1 unspecified atom stereocenters. The van der Waals surface area contributed by atoms with Gasteiger partial charge in [0.2, 0.25) is 0 Å². The molecular weight excluding hydrogens is 156 g/mol. The Hall–Kier alpha value is -0.120. The molecule has 0 amide bonds. The quantitative estimate of drug-likeness (QED) is 0.647. The molecular formula is C9H18O3. The van der Waals surface area contributed by atoms with Crippen LogP contribution in [0.2, 0.25) is 0 Å². The standard InChI is InChI=1S/C9H18O3/c1-6(2)12-9-4-7(10)3-8(11)5-9/h6-11H,3-5H2,1-2H3/t7-,8+,9?. The normalized spacial score (nSPS) is 37.2. The Morgan fingerprint density at radius 2 is 1.58 bits per heavy atom. The molecule has 0 heterocycles. The third kappa shape index (κ3) is 3.09. The molecule has 72 valence electrons. The van der Waals surface area contributed by atoms with Crippen molar-refractivity contribution in [2.45, 2.75) is 57.5 Å². The molecule has 0 radical (unpaired) electrons. The summed E-state index contributed by atoms with van der Waals surface area (Å²) in [5, 5.41) is 18.6. The van der Waals surface area contributed by atoms with Gasteiger partial charge in [0.25, 0.3) is 0 Å². The fourth-order valence-corrected chi connectivity index (χ4v) is 1.71. The minimum Gasteiger partial charge on any atom is -0.393 e. The van der Waals surface area contributed by atoms with E-state index in [2.05, 4.69) is 0 Å². The molecule has 3 heteroatoms. The van der Waals surface area contributed by atoms with Crippen LogP contribution in [0.5, 0.6) is 0 Å². The molecule has 0 bridgehead atoms. The van der Waals surface area contributed by atoms with Crippen molar-refractivity contribution in [3.8, 4) is 0 Å². The van der Waals surface area contributed by atoms with E-state index in [1.165, 1.54) is 0 Å². The van der Waals surface area contributed by atoms with E-state index in [9.17, 15) is 10.2 Å². The maximum atomic E-state index is 9.32. The van der Waals surface area contributed by atoms with Gasteiger partial charge in [0.05, 0.1) is 24.4 Å². The highest BCUT2D eigenvalue weighted by Gasteiger charge is 2.27. The topological polar surface area (TPSA) is 49.7 Å². The smallest absolute Gasteiger partial charge is 0.0627 e. The first-order valence-electron chi connectivity index (χ1n) is 4.59. The van der Waals surface area contributed by atoms with Crippen molar-refractivity contribution >= 4 is 0 Å². The number of rotatable bonds is 2. The molecule has 0 spiro atoms. The van der Waals surface area contributed by atoms with Crippen LogP contribution in [-0.4, -0.2) is 34.6 Å². The maximum Gasteiger partial charge on any atom is 0.0627 e. The van der Waals surface area contributed by atoms with Gasteiger partial charge in [0.1, 0.15) is 0 Å². The zero-order valence-corrected chi connectivity index (χ0v) is 7.73. The van der Waals surface area contributed by atoms with E-state index in [0.29, 0.717) is 19.3 Å². The average molecular weight is 174 g/mol. The minimum absolute atomic E-state index is 0.0312. The van der Waals surface area contributed by atoms with Crippen LogP contribution in [0.4, 0.5) is 0 Å². The lowest BCUT2D eigenvalue weighted by Crippen LogP contribution is -2.35. The summed E-state index contributed by atoms with van der Waals surface area (Å²) in [6.07, 6.45) is 1.24. The fraction of sp³-hybridized carbons (Fsp3) is 1.00. The number of aliphatic hydroxyl groups excluding tert-OH is 2. The summed E-state index contributed by atoms with van der Waals surface area (Å²) in [7, 11) is 0. The van der Waals surface area contributed by atoms with Gasteiger partial charge in [-0.3, -0.25) is 0 Å². The third-order valence-electron chi connectivity index (χ3n) is 2.08. The van der Waals surface area contributed by atoms with Gasteiger partial charge in [-0.2, -0.15) is 0 Å². The predicted octanol–water partition coefficient (Wildman–Crippen LogP) is 0.686. The summed E-state index contributed by atoms with van der Waals surface area (Å²) in [6, 6.07) is 0. The van der Waals surface area contributed by atoms with Gasteiger partial charge in [0.15, 0.2) is 0 Å². The lowest BCUT2D eigenvalue weighted by atomic mass is 9.92. The molecule has 0 aromatic carbocycles. The van der Waals surface area contributed by atoms with Crippen molar-refractivity contribution in [3.05, 3.63) is 0 Å². The van der Waals surface area contributed by atoms with Crippen molar-refractivity contribution in [1.29, 1.82) is 0 Å². The molecule has 0 aromatic rings. The molecule has 0 aromatic heterocycles. The van der Waals surface area contributed by atoms with Gasteiger partial charge in [0, 0.05) is 0 Å². The summed E-state index contributed by atoms with van der Waals surface area (Å²) in [4.78, 5) is 0. The summed E-state index contributed by atoms with van der Waals surface area (Å²) < 4.78 is 5.51. The van der Waals surface area contributed by atoms with E-state index in [0.717, 1.165) is 0 Å². The van der Waals surface area contributed by atoms with Crippen molar-refractivity contribution < 1.29 is 14.9 Å². The third-order valence-corrected chi connectivity index (χ3v) is 2.08. The van der Waals surface area contributed by atoms with Crippen LogP contribution in [0.3, 0.4) is 0 Å². The average Bonchev–Trinajstić information content (AvgIpc) is 1.81. The largest absolute Gasteiger partial charge is 0.393 e. The monoisotopic (exact) mass is 174 g/mol. The highest BCUT2D eigenvalue weighted by molar-refractivity contribution is 4.78. The predicted molar refractivity (Wildman–Crippen MR) is 45.9 cm³/mol. The summed E-state index contributed by atoms with van der Waals surface area (Å²) >= 11 is 0. The first-order valence-corrected chi connectivity index (χ1v) is 4.59.